The first-order chi connectivity index (χ1) is 7.46. The fraction of sp³-hybridized carbons (Fsp3) is 0.923. The SMILES string of the molecule is CC(C(=O)N(C)C(C)C1(C)CC1)C1CNC1.Cl. The zero-order valence-electron chi connectivity index (χ0n) is 11.3. The molecule has 17 heavy (non-hydrogen) atoms. The Bertz CT molecular complexity index is 287. The second kappa shape index (κ2) is 5.15. The Morgan fingerprint density at radius 1 is 1.35 bits per heavy atom. The largest absolute Gasteiger partial charge is 0.342 e. The Kier molecular flexibility index (Phi) is 4.48. The highest BCUT2D eigenvalue weighted by Gasteiger charge is 2.46. The van der Waals surface area contributed by atoms with Crippen LogP contribution >= 0.6 is 12.4 Å². The summed E-state index contributed by atoms with van der Waals surface area (Å²) in [5.74, 6) is 1.05. The second-order valence-corrected chi connectivity index (χ2v) is 5.99. The second-order valence-electron chi connectivity index (χ2n) is 5.99. The fourth-order valence-corrected chi connectivity index (χ4v) is 2.46. The van der Waals surface area contributed by atoms with Crippen LogP contribution in [0.1, 0.15) is 33.6 Å². The van der Waals surface area contributed by atoms with E-state index in [1.165, 1.54) is 12.8 Å². The molecule has 0 radical (unpaired) electrons. The normalized spacial score (nSPS) is 25.2. The van der Waals surface area contributed by atoms with Crippen molar-refractivity contribution in [2.45, 2.75) is 39.7 Å². The van der Waals surface area contributed by atoms with Crippen molar-refractivity contribution in [1.82, 2.24) is 10.2 Å². The van der Waals surface area contributed by atoms with E-state index < -0.39 is 0 Å². The minimum absolute atomic E-state index is 0. The molecule has 1 saturated carbocycles. The molecule has 1 amide bonds. The molecule has 2 rings (SSSR count). The van der Waals surface area contributed by atoms with E-state index in [4.69, 9.17) is 0 Å². The molecule has 0 aromatic heterocycles. The molecule has 1 aliphatic carbocycles. The summed E-state index contributed by atoms with van der Waals surface area (Å²) in [6.45, 7) is 8.57. The van der Waals surface area contributed by atoms with Crippen molar-refractivity contribution in [3.05, 3.63) is 0 Å². The summed E-state index contributed by atoms with van der Waals surface area (Å²) >= 11 is 0. The molecule has 2 atom stereocenters. The maximum absolute atomic E-state index is 12.3. The van der Waals surface area contributed by atoms with E-state index >= 15 is 0 Å². The van der Waals surface area contributed by atoms with Crippen molar-refractivity contribution in [2.24, 2.45) is 17.3 Å². The first-order valence-corrected chi connectivity index (χ1v) is 6.43. The summed E-state index contributed by atoms with van der Waals surface area (Å²) in [4.78, 5) is 14.3. The molecule has 2 aliphatic rings. The Labute approximate surface area is 111 Å². The molecule has 2 fully saturated rings. The molecule has 2 unspecified atom stereocenters. The van der Waals surface area contributed by atoms with Crippen LogP contribution in [0.4, 0.5) is 0 Å². The van der Waals surface area contributed by atoms with Crippen LogP contribution in [0.3, 0.4) is 0 Å². The number of nitrogens with one attached hydrogen (secondary N) is 1. The number of carbonyl (C=O) groups excluding carboxylic acids is 1. The van der Waals surface area contributed by atoms with Gasteiger partial charge >= 0.3 is 0 Å². The molecular weight excluding hydrogens is 236 g/mol. The van der Waals surface area contributed by atoms with Crippen LogP contribution in [0.25, 0.3) is 0 Å². The number of hydrogen-bond donors (Lipinski definition) is 1. The van der Waals surface area contributed by atoms with Gasteiger partial charge in [-0.3, -0.25) is 4.79 Å². The minimum Gasteiger partial charge on any atom is -0.342 e. The van der Waals surface area contributed by atoms with Gasteiger partial charge in [-0.05, 0) is 44.2 Å². The van der Waals surface area contributed by atoms with Crippen molar-refractivity contribution in [3.8, 4) is 0 Å². The molecule has 100 valence electrons. The third kappa shape index (κ3) is 2.76. The van der Waals surface area contributed by atoms with E-state index in [9.17, 15) is 4.79 Å². The van der Waals surface area contributed by atoms with Gasteiger partial charge in [0.2, 0.25) is 5.91 Å². The zero-order chi connectivity index (χ0) is 11.9. The van der Waals surface area contributed by atoms with Crippen LogP contribution in [0, 0.1) is 17.3 Å². The van der Waals surface area contributed by atoms with Crippen LogP contribution in [-0.2, 0) is 4.79 Å². The number of amides is 1. The van der Waals surface area contributed by atoms with Crippen LogP contribution in [0.15, 0.2) is 0 Å². The van der Waals surface area contributed by atoms with Crippen molar-refractivity contribution < 1.29 is 4.79 Å². The quantitative estimate of drug-likeness (QED) is 0.838. The molecule has 0 aromatic carbocycles. The van der Waals surface area contributed by atoms with Gasteiger partial charge in [0.05, 0.1) is 0 Å². The number of rotatable bonds is 4. The first kappa shape index (κ1) is 14.8. The van der Waals surface area contributed by atoms with E-state index in [1.807, 2.05) is 11.9 Å². The predicted molar refractivity (Wildman–Crippen MR) is 72.3 cm³/mol. The van der Waals surface area contributed by atoms with E-state index in [2.05, 4.69) is 26.1 Å². The lowest BCUT2D eigenvalue weighted by Crippen LogP contribution is -2.51. The molecule has 1 N–H and O–H groups in total. The minimum atomic E-state index is 0. The summed E-state index contributed by atoms with van der Waals surface area (Å²) in [7, 11) is 1.97. The van der Waals surface area contributed by atoms with Gasteiger partial charge in [0.1, 0.15) is 0 Å². The van der Waals surface area contributed by atoms with Gasteiger partial charge in [0, 0.05) is 19.0 Å². The van der Waals surface area contributed by atoms with Crippen molar-refractivity contribution in [1.29, 1.82) is 0 Å². The number of halogens is 1. The van der Waals surface area contributed by atoms with Crippen LogP contribution in [0.2, 0.25) is 0 Å². The summed E-state index contributed by atoms with van der Waals surface area (Å²) in [5, 5.41) is 3.24. The highest BCUT2D eigenvalue weighted by molar-refractivity contribution is 5.85. The van der Waals surface area contributed by atoms with Gasteiger partial charge < -0.3 is 10.2 Å². The Morgan fingerprint density at radius 3 is 2.24 bits per heavy atom. The molecule has 3 nitrogen and oxygen atoms in total. The Morgan fingerprint density at radius 2 is 1.88 bits per heavy atom. The molecule has 4 heteroatoms. The standard InChI is InChI=1S/C13H24N2O.ClH/c1-9(11-7-14-8-11)12(16)15(4)10(2)13(3)5-6-13;/h9-11,14H,5-8H2,1-4H3;1H. The van der Waals surface area contributed by atoms with Gasteiger partial charge in [-0.15, -0.1) is 12.4 Å². The van der Waals surface area contributed by atoms with Crippen molar-refractivity contribution in [2.75, 3.05) is 20.1 Å². The molecular formula is C13H25ClN2O. The lowest BCUT2D eigenvalue weighted by Gasteiger charge is -2.37. The van der Waals surface area contributed by atoms with Crippen LogP contribution in [0.5, 0.6) is 0 Å². The molecule has 0 bridgehead atoms. The van der Waals surface area contributed by atoms with Crippen molar-refractivity contribution >= 4 is 18.3 Å². The predicted octanol–water partition coefficient (Wildman–Crippen LogP) is 1.91. The highest BCUT2D eigenvalue weighted by atomic mass is 35.5. The van der Waals surface area contributed by atoms with E-state index in [0.29, 0.717) is 23.3 Å². The molecule has 1 saturated heterocycles. The lowest BCUT2D eigenvalue weighted by atomic mass is 9.87. The Hall–Kier alpha value is -0.280. The van der Waals surface area contributed by atoms with Crippen LogP contribution in [-0.4, -0.2) is 37.0 Å². The lowest BCUT2D eigenvalue weighted by molar-refractivity contribution is -0.139. The monoisotopic (exact) mass is 260 g/mol. The van der Waals surface area contributed by atoms with Gasteiger partial charge in [0.25, 0.3) is 0 Å². The number of hydrogen-bond acceptors (Lipinski definition) is 2. The Balaban J connectivity index is 0.00000144. The molecule has 0 spiro atoms. The van der Waals surface area contributed by atoms with Gasteiger partial charge in [-0.2, -0.15) is 0 Å². The van der Waals surface area contributed by atoms with Crippen LogP contribution < -0.4 is 5.32 Å². The van der Waals surface area contributed by atoms with Crippen molar-refractivity contribution in [3.63, 3.8) is 0 Å². The third-order valence-electron chi connectivity index (χ3n) is 4.89. The van der Waals surface area contributed by atoms with Gasteiger partial charge in [-0.1, -0.05) is 13.8 Å². The summed E-state index contributed by atoms with van der Waals surface area (Å²) in [6.07, 6.45) is 2.54. The maximum atomic E-state index is 12.3. The summed E-state index contributed by atoms with van der Waals surface area (Å²) in [5.41, 5.74) is 0.391. The first-order valence-electron chi connectivity index (χ1n) is 6.43. The van der Waals surface area contributed by atoms with E-state index in [-0.39, 0.29) is 18.3 Å². The smallest absolute Gasteiger partial charge is 0.225 e. The molecule has 0 aromatic rings. The molecule has 1 heterocycles. The summed E-state index contributed by atoms with van der Waals surface area (Å²) in [6, 6.07) is 0.385. The third-order valence-corrected chi connectivity index (χ3v) is 4.89. The zero-order valence-corrected chi connectivity index (χ0v) is 12.1. The topological polar surface area (TPSA) is 32.3 Å². The maximum Gasteiger partial charge on any atom is 0.225 e. The average molecular weight is 261 g/mol. The summed E-state index contributed by atoms with van der Waals surface area (Å²) < 4.78 is 0. The van der Waals surface area contributed by atoms with Gasteiger partial charge in [-0.25, -0.2) is 0 Å². The number of carbonyl (C=O) groups is 1. The highest BCUT2D eigenvalue weighted by Crippen LogP contribution is 2.49. The van der Waals surface area contributed by atoms with E-state index in [1.54, 1.807) is 0 Å². The van der Waals surface area contributed by atoms with E-state index in [0.717, 1.165) is 13.1 Å². The number of nitrogens with zero attached hydrogens (tertiary/aromatic N) is 1. The van der Waals surface area contributed by atoms with Gasteiger partial charge in [0.15, 0.2) is 0 Å². The fourth-order valence-electron chi connectivity index (χ4n) is 2.46. The average Bonchev–Trinajstić information content (AvgIpc) is 2.91. The molecule has 1 aliphatic heterocycles.